The van der Waals surface area contributed by atoms with E-state index in [0.717, 1.165) is 10.6 Å². The smallest absolute Gasteiger partial charge is 0.292 e. The molecule has 0 radical (unpaired) electrons. The Labute approximate surface area is 172 Å². The molecular formula is C20H20ClN4O4+. The van der Waals surface area contributed by atoms with E-state index >= 15 is 0 Å². The van der Waals surface area contributed by atoms with Crippen LogP contribution in [0.25, 0.3) is 0 Å². The van der Waals surface area contributed by atoms with Gasteiger partial charge in [0.25, 0.3) is 11.6 Å². The second-order valence-electron chi connectivity index (χ2n) is 7.22. The molecule has 4 rings (SSSR count). The number of carbonyl (C=O) groups excluding carboxylic acids is 2. The molecule has 0 saturated carbocycles. The van der Waals surface area contributed by atoms with E-state index in [1.165, 1.54) is 17.0 Å². The van der Waals surface area contributed by atoms with Crippen LogP contribution in [0.3, 0.4) is 0 Å². The Morgan fingerprint density at radius 1 is 1.03 bits per heavy atom. The normalized spacial score (nSPS) is 20.4. The molecule has 2 aromatic rings. The van der Waals surface area contributed by atoms with Gasteiger partial charge < -0.3 is 9.80 Å². The Kier molecular flexibility index (Phi) is 5.21. The third kappa shape index (κ3) is 3.81. The number of quaternary nitrogens is 1. The van der Waals surface area contributed by atoms with E-state index < -0.39 is 4.92 Å². The summed E-state index contributed by atoms with van der Waals surface area (Å²) in [4.78, 5) is 40.3. The largest absolute Gasteiger partial charge is 0.360 e. The number of anilines is 2. The van der Waals surface area contributed by atoms with Crippen LogP contribution in [-0.2, 0) is 9.59 Å². The Morgan fingerprint density at radius 2 is 1.72 bits per heavy atom. The summed E-state index contributed by atoms with van der Waals surface area (Å²) in [7, 11) is 0. The first-order valence-electron chi connectivity index (χ1n) is 9.40. The maximum absolute atomic E-state index is 12.9. The first-order chi connectivity index (χ1) is 13.9. The second-order valence-corrected chi connectivity index (χ2v) is 7.66. The van der Waals surface area contributed by atoms with Gasteiger partial charge in [-0.15, -0.1) is 0 Å². The molecule has 2 fully saturated rings. The molecule has 2 amide bonds. The number of halogens is 1. The van der Waals surface area contributed by atoms with Crippen molar-refractivity contribution < 1.29 is 19.4 Å². The van der Waals surface area contributed by atoms with Gasteiger partial charge >= 0.3 is 0 Å². The summed E-state index contributed by atoms with van der Waals surface area (Å²) in [6.45, 7) is 2.85. The standard InChI is InChI=1S/C20H19ClN4O4/c21-14-2-1-3-17(12-14)24-19(26)13-18(20(24)27)23-10-8-22(9-11-23)15-4-6-16(7-5-15)25(28)29/h1-7,12,18H,8-11,13H2/p+1/t18-/m1/s1. The third-order valence-electron chi connectivity index (χ3n) is 5.54. The quantitative estimate of drug-likeness (QED) is 0.462. The Morgan fingerprint density at radius 3 is 2.34 bits per heavy atom. The highest BCUT2D eigenvalue weighted by molar-refractivity contribution is 6.31. The number of nitrogens with one attached hydrogen (secondary N) is 1. The molecule has 2 saturated heterocycles. The fraction of sp³-hybridized carbons (Fsp3) is 0.300. The number of benzene rings is 2. The number of nitro groups is 1. The average molecular weight is 416 g/mol. The minimum atomic E-state index is -0.416. The van der Waals surface area contributed by atoms with Crippen molar-refractivity contribution in [2.75, 3.05) is 36.0 Å². The molecule has 1 N–H and O–H groups in total. The summed E-state index contributed by atoms with van der Waals surface area (Å²) in [6.07, 6.45) is 0.193. The second kappa shape index (κ2) is 7.81. The Hall–Kier alpha value is -2.97. The maximum Gasteiger partial charge on any atom is 0.292 e. The van der Waals surface area contributed by atoms with E-state index in [4.69, 9.17) is 11.6 Å². The molecule has 0 spiro atoms. The van der Waals surface area contributed by atoms with Gasteiger partial charge in [0.15, 0.2) is 6.04 Å². The van der Waals surface area contributed by atoms with Crippen molar-refractivity contribution in [3.63, 3.8) is 0 Å². The summed E-state index contributed by atoms with van der Waals surface area (Å²) < 4.78 is 0. The zero-order valence-corrected chi connectivity index (χ0v) is 16.3. The first kappa shape index (κ1) is 19.4. The predicted molar refractivity (Wildman–Crippen MR) is 108 cm³/mol. The molecule has 29 heavy (non-hydrogen) atoms. The summed E-state index contributed by atoms with van der Waals surface area (Å²) in [5.41, 5.74) is 1.50. The maximum atomic E-state index is 12.9. The Bertz CT molecular complexity index is 957. The van der Waals surface area contributed by atoms with Crippen LogP contribution in [0.5, 0.6) is 0 Å². The van der Waals surface area contributed by atoms with Crippen molar-refractivity contribution in [1.82, 2.24) is 0 Å². The van der Waals surface area contributed by atoms with Crippen molar-refractivity contribution in [1.29, 1.82) is 0 Å². The van der Waals surface area contributed by atoms with Crippen molar-refractivity contribution in [3.8, 4) is 0 Å². The lowest BCUT2D eigenvalue weighted by molar-refractivity contribution is -0.915. The molecule has 8 nitrogen and oxygen atoms in total. The number of amides is 2. The van der Waals surface area contributed by atoms with E-state index in [9.17, 15) is 19.7 Å². The van der Waals surface area contributed by atoms with Gasteiger partial charge in [0, 0.05) is 22.8 Å². The van der Waals surface area contributed by atoms with Gasteiger partial charge in [-0.05, 0) is 30.3 Å². The van der Waals surface area contributed by atoms with Crippen molar-refractivity contribution in [2.45, 2.75) is 12.5 Å². The highest BCUT2D eigenvalue weighted by atomic mass is 35.5. The topological polar surface area (TPSA) is 88.2 Å². The van der Waals surface area contributed by atoms with Gasteiger partial charge in [0.2, 0.25) is 5.91 Å². The summed E-state index contributed by atoms with van der Waals surface area (Å²) in [6, 6.07) is 12.9. The molecule has 150 valence electrons. The molecule has 2 heterocycles. The minimum absolute atomic E-state index is 0.0641. The van der Waals surface area contributed by atoms with Crippen LogP contribution < -0.4 is 14.7 Å². The third-order valence-corrected chi connectivity index (χ3v) is 5.77. The molecule has 0 aliphatic carbocycles. The molecule has 1 atom stereocenters. The number of hydrogen-bond acceptors (Lipinski definition) is 5. The van der Waals surface area contributed by atoms with E-state index in [1.807, 2.05) is 0 Å². The van der Waals surface area contributed by atoms with Crippen LogP contribution >= 0.6 is 11.6 Å². The fourth-order valence-electron chi connectivity index (χ4n) is 4.02. The molecule has 9 heteroatoms. The number of rotatable bonds is 4. The highest BCUT2D eigenvalue weighted by Gasteiger charge is 2.46. The van der Waals surface area contributed by atoms with Crippen molar-refractivity contribution in [2.24, 2.45) is 0 Å². The van der Waals surface area contributed by atoms with Gasteiger partial charge in [-0.3, -0.25) is 19.7 Å². The number of nitrogens with zero attached hydrogens (tertiary/aromatic N) is 3. The molecule has 0 unspecified atom stereocenters. The van der Waals surface area contributed by atoms with Gasteiger partial charge in [-0.1, -0.05) is 17.7 Å². The average Bonchev–Trinajstić information content (AvgIpc) is 3.02. The number of carbonyl (C=O) groups is 2. The number of hydrogen-bond donors (Lipinski definition) is 1. The Balaban J connectivity index is 1.41. The van der Waals surface area contributed by atoms with Crippen LogP contribution in [0.1, 0.15) is 6.42 Å². The van der Waals surface area contributed by atoms with Gasteiger partial charge in [-0.2, -0.15) is 0 Å². The number of imide groups is 1. The number of piperazine rings is 1. The zero-order valence-electron chi connectivity index (χ0n) is 15.6. The van der Waals surface area contributed by atoms with Gasteiger partial charge in [0.05, 0.1) is 43.2 Å². The van der Waals surface area contributed by atoms with Crippen LogP contribution in [0.15, 0.2) is 48.5 Å². The van der Waals surface area contributed by atoms with E-state index in [-0.39, 0.29) is 30.0 Å². The van der Waals surface area contributed by atoms with Crippen LogP contribution in [-0.4, -0.2) is 49.0 Å². The van der Waals surface area contributed by atoms with Crippen LogP contribution in [0, 0.1) is 10.1 Å². The number of nitro benzene ring substituents is 1. The fourth-order valence-corrected chi connectivity index (χ4v) is 4.21. The monoisotopic (exact) mass is 415 g/mol. The first-order valence-corrected chi connectivity index (χ1v) is 9.78. The molecule has 0 bridgehead atoms. The summed E-state index contributed by atoms with van der Waals surface area (Å²) >= 11 is 6.01. The molecule has 2 aliphatic rings. The molecule has 0 aromatic heterocycles. The SMILES string of the molecule is O=C1C[C@@H]([NH+]2CCN(c3ccc([N+](=O)[O-])cc3)CC2)C(=O)N1c1cccc(Cl)c1. The van der Waals surface area contributed by atoms with Crippen molar-refractivity contribution in [3.05, 3.63) is 63.7 Å². The van der Waals surface area contributed by atoms with E-state index in [0.29, 0.717) is 36.9 Å². The summed E-state index contributed by atoms with van der Waals surface area (Å²) in [5, 5.41) is 11.3. The minimum Gasteiger partial charge on any atom is -0.360 e. The lowest BCUT2D eigenvalue weighted by Gasteiger charge is -2.35. The highest BCUT2D eigenvalue weighted by Crippen LogP contribution is 2.25. The summed E-state index contributed by atoms with van der Waals surface area (Å²) in [5.74, 6) is -0.386. The van der Waals surface area contributed by atoms with Crippen LogP contribution in [0.4, 0.5) is 17.1 Å². The van der Waals surface area contributed by atoms with Gasteiger partial charge in [0.1, 0.15) is 0 Å². The molecular weight excluding hydrogens is 396 g/mol. The van der Waals surface area contributed by atoms with Gasteiger partial charge in [-0.25, -0.2) is 4.90 Å². The molecule has 2 aliphatic heterocycles. The predicted octanol–water partition coefficient (Wildman–Crippen LogP) is 1.29. The van der Waals surface area contributed by atoms with Crippen molar-refractivity contribution >= 4 is 40.5 Å². The lowest BCUT2D eigenvalue weighted by Crippen LogP contribution is -3.19. The van der Waals surface area contributed by atoms with Crippen LogP contribution in [0.2, 0.25) is 5.02 Å². The molecule has 2 aromatic carbocycles. The zero-order chi connectivity index (χ0) is 20.5. The number of non-ortho nitro benzene ring substituents is 1. The van der Waals surface area contributed by atoms with E-state index in [1.54, 1.807) is 36.4 Å². The lowest BCUT2D eigenvalue weighted by atomic mass is 10.1. The van der Waals surface area contributed by atoms with E-state index in [2.05, 4.69) is 4.90 Å².